The van der Waals surface area contributed by atoms with Crippen LogP contribution in [0.25, 0.3) is 5.69 Å². The molecule has 2 aromatic carbocycles. The number of methoxy groups -OCH3 is 1. The van der Waals surface area contributed by atoms with Crippen molar-refractivity contribution in [1.29, 1.82) is 0 Å². The van der Waals surface area contributed by atoms with Crippen molar-refractivity contribution in [3.63, 3.8) is 0 Å². The van der Waals surface area contributed by atoms with Crippen LogP contribution in [0.15, 0.2) is 60.7 Å². The summed E-state index contributed by atoms with van der Waals surface area (Å²) in [6.45, 7) is 8.16. The van der Waals surface area contributed by atoms with Gasteiger partial charge in [0.2, 0.25) is 5.91 Å². The molecule has 0 aliphatic carbocycles. The predicted molar refractivity (Wildman–Crippen MR) is 132 cm³/mol. The van der Waals surface area contributed by atoms with Gasteiger partial charge in [-0.1, -0.05) is 39.0 Å². The molecule has 0 aliphatic rings. The van der Waals surface area contributed by atoms with Crippen LogP contribution in [0.2, 0.25) is 0 Å². The lowest BCUT2D eigenvalue weighted by atomic mass is 9.92. The van der Waals surface area contributed by atoms with Crippen molar-refractivity contribution < 1.29 is 19.1 Å². The normalized spacial score (nSPS) is 11.1. The molecule has 0 aliphatic heterocycles. The summed E-state index contributed by atoms with van der Waals surface area (Å²) < 4.78 is 12.5. The Morgan fingerprint density at radius 3 is 2.29 bits per heavy atom. The van der Waals surface area contributed by atoms with Gasteiger partial charge in [-0.2, -0.15) is 5.10 Å². The monoisotopic (exact) mass is 464 g/mol. The standard InChI is InChI=1S/C26H32N4O4/c1-6-29(25(32)18-34-21-10-8-7-9-11-21)17-24(31)27-23-16-22(26(2,3)4)28-30(23)19-12-14-20(33-5)15-13-19/h7-16H,6,17-18H2,1-5H3,(H,27,31). The minimum absolute atomic E-state index is 0.0911. The summed E-state index contributed by atoms with van der Waals surface area (Å²) in [6, 6.07) is 18.4. The highest BCUT2D eigenvalue weighted by molar-refractivity contribution is 5.94. The molecule has 8 nitrogen and oxygen atoms in total. The van der Waals surface area contributed by atoms with E-state index >= 15 is 0 Å². The second kappa shape index (κ2) is 10.9. The van der Waals surface area contributed by atoms with E-state index in [0.717, 1.165) is 17.1 Å². The maximum atomic E-state index is 12.9. The van der Waals surface area contributed by atoms with Crippen LogP contribution in [-0.2, 0) is 15.0 Å². The smallest absolute Gasteiger partial charge is 0.260 e. The van der Waals surface area contributed by atoms with Gasteiger partial charge >= 0.3 is 0 Å². The Hall–Kier alpha value is -3.81. The first-order chi connectivity index (χ1) is 16.2. The minimum Gasteiger partial charge on any atom is -0.497 e. The van der Waals surface area contributed by atoms with E-state index in [1.165, 1.54) is 4.90 Å². The third-order valence-electron chi connectivity index (χ3n) is 5.24. The number of nitrogens with zero attached hydrogens (tertiary/aromatic N) is 3. The second-order valence-electron chi connectivity index (χ2n) is 8.83. The quantitative estimate of drug-likeness (QED) is 0.517. The molecule has 0 saturated heterocycles. The average Bonchev–Trinajstić information content (AvgIpc) is 3.26. The van der Waals surface area contributed by atoms with Crippen molar-refractivity contribution in [2.24, 2.45) is 0 Å². The molecule has 0 radical (unpaired) electrons. The summed E-state index contributed by atoms with van der Waals surface area (Å²) in [5.41, 5.74) is 1.40. The molecule has 1 aromatic heterocycles. The highest BCUT2D eigenvalue weighted by Gasteiger charge is 2.23. The average molecular weight is 465 g/mol. The molecular formula is C26H32N4O4. The molecule has 1 heterocycles. The Morgan fingerprint density at radius 1 is 1.03 bits per heavy atom. The van der Waals surface area contributed by atoms with E-state index in [2.05, 4.69) is 26.1 Å². The van der Waals surface area contributed by atoms with Gasteiger partial charge in [-0.15, -0.1) is 0 Å². The van der Waals surface area contributed by atoms with Crippen molar-refractivity contribution >= 4 is 17.6 Å². The van der Waals surface area contributed by atoms with Crippen LogP contribution >= 0.6 is 0 Å². The number of carbonyl (C=O) groups excluding carboxylic acids is 2. The molecule has 1 N–H and O–H groups in total. The van der Waals surface area contributed by atoms with Crippen LogP contribution in [0.3, 0.4) is 0 Å². The van der Waals surface area contributed by atoms with Crippen molar-refractivity contribution in [2.75, 3.05) is 32.1 Å². The predicted octanol–water partition coefficient (Wildman–Crippen LogP) is 4.04. The van der Waals surface area contributed by atoms with Crippen molar-refractivity contribution in [1.82, 2.24) is 14.7 Å². The summed E-state index contributed by atoms with van der Waals surface area (Å²) >= 11 is 0. The number of para-hydroxylation sites is 1. The summed E-state index contributed by atoms with van der Waals surface area (Å²) in [4.78, 5) is 27.0. The maximum Gasteiger partial charge on any atom is 0.260 e. The maximum absolute atomic E-state index is 12.9. The molecule has 34 heavy (non-hydrogen) atoms. The number of nitrogens with one attached hydrogen (secondary N) is 1. The molecule has 180 valence electrons. The number of anilines is 1. The van der Waals surface area contributed by atoms with E-state index in [9.17, 15) is 9.59 Å². The fourth-order valence-electron chi connectivity index (χ4n) is 3.24. The number of likely N-dealkylation sites (N-methyl/N-ethyl adjacent to an activating group) is 1. The molecule has 2 amide bonds. The lowest BCUT2D eigenvalue weighted by Gasteiger charge is -2.20. The molecule has 3 aromatic rings. The van der Waals surface area contributed by atoms with Gasteiger partial charge in [-0.25, -0.2) is 4.68 Å². The van der Waals surface area contributed by atoms with Crippen LogP contribution in [-0.4, -0.2) is 53.3 Å². The Labute approximate surface area is 200 Å². The third kappa shape index (κ3) is 6.37. The van der Waals surface area contributed by atoms with Gasteiger partial charge in [0.1, 0.15) is 17.3 Å². The molecule has 0 spiro atoms. The zero-order valence-corrected chi connectivity index (χ0v) is 20.4. The highest BCUT2D eigenvalue weighted by atomic mass is 16.5. The number of carbonyl (C=O) groups is 2. The van der Waals surface area contributed by atoms with Crippen LogP contribution < -0.4 is 14.8 Å². The van der Waals surface area contributed by atoms with Crippen molar-refractivity contribution in [3.8, 4) is 17.2 Å². The van der Waals surface area contributed by atoms with Gasteiger partial charge in [-0.05, 0) is 43.3 Å². The number of ether oxygens (including phenoxy) is 2. The zero-order chi connectivity index (χ0) is 24.7. The summed E-state index contributed by atoms with van der Waals surface area (Å²) in [7, 11) is 1.61. The van der Waals surface area contributed by atoms with Gasteiger partial charge < -0.3 is 19.7 Å². The first-order valence-electron chi connectivity index (χ1n) is 11.2. The van der Waals surface area contributed by atoms with E-state index in [-0.39, 0.29) is 30.4 Å². The molecule has 0 atom stereocenters. The van der Waals surface area contributed by atoms with Crippen molar-refractivity contribution in [2.45, 2.75) is 33.1 Å². The van der Waals surface area contributed by atoms with Crippen LogP contribution in [0.5, 0.6) is 11.5 Å². The molecule has 3 rings (SSSR count). The number of hydrogen-bond acceptors (Lipinski definition) is 5. The molecule has 0 bridgehead atoms. The van der Waals surface area contributed by atoms with E-state index < -0.39 is 0 Å². The number of amides is 2. The third-order valence-corrected chi connectivity index (χ3v) is 5.24. The van der Waals surface area contributed by atoms with Gasteiger partial charge in [0.25, 0.3) is 5.91 Å². The summed E-state index contributed by atoms with van der Waals surface area (Å²) in [5, 5.41) is 7.64. The van der Waals surface area contributed by atoms with Gasteiger partial charge in [-0.3, -0.25) is 9.59 Å². The fraction of sp³-hybridized carbons (Fsp3) is 0.346. The largest absolute Gasteiger partial charge is 0.497 e. The topological polar surface area (TPSA) is 85.7 Å². The second-order valence-corrected chi connectivity index (χ2v) is 8.83. The number of benzene rings is 2. The van der Waals surface area contributed by atoms with E-state index in [4.69, 9.17) is 14.6 Å². The Morgan fingerprint density at radius 2 is 1.71 bits per heavy atom. The Bertz CT molecular complexity index is 1100. The van der Waals surface area contributed by atoms with Crippen LogP contribution in [0, 0.1) is 0 Å². The van der Waals surface area contributed by atoms with Gasteiger partial charge in [0.15, 0.2) is 6.61 Å². The molecule has 8 heteroatoms. The van der Waals surface area contributed by atoms with Gasteiger partial charge in [0, 0.05) is 18.0 Å². The lowest BCUT2D eigenvalue weighted by Crippen LogP contribution is -2.40. The molecule has 0 unspecified atom stereocenters. The van der Waals surface area contributed by atoms with Gasteiger partial charge in [0.05, 0.1) is 25.0 Å². The molecule has 0 saturated carbocycles. The van der Waals surface area contributed by atoms with E-state index in [0.29, 0.717) is 18.1 Å². The highest BCUT2D eigenvalue weighted by Crippen LogP contribution is 2.27. The van der Waals surface area contributed by atoms with E-state index in [1.54, 1.807) is 23.9 Å². The fourth-order valence-corrected chi connectivity index (χ4v) is 3.24. The number of rotatable bonds is 9. The first-order valence-corrected chi connectivity index (χ1v) is 11.2. The first kappa shape index (κ1) is 24.8. The van der Waals surface area contributed by atoms with Crippen molar-refractivity contribution in [3.05, 3.63) is 66.4 Å². The van der Waals surface area contributed by atoms with E-state index in [1.807, 2.05) is 55.5 Å². The molecular weight excluding hydrogens is 432 g/mol. The zero-order valence-electron chi connectivity index (χ0n) is 20.4. The SMILES string of the molecule is CCN(CC(=O)Nc1cc(C(C)(C)C)nn1-c1ccc(OC)cc1)C(=O)COc1ccccc1. The number of hydrogen-bond donors (Lipinski definition) is 1. The molecule has 0 fully saturated rings. The lowest BCUT2D eigenvalue weighted by molar-refractivity contribution is -0.136. The summed E-state index contributed by atoms with van der Waals surface area (Å²) in [5.74, 6) is 1.29. The number of aromatic nitrogens is 2. The Kier molecular flexibility index (Phi) is 7.94. The van der Waals surface area contributed by atoms with Crippen LogP contribution in [0.4, 0.5) is 5.82 Å². The Balaban J connectivity index is 1.73. The minimum atomic E-state index is -0.315. The summed E-state index contributed by atoms with van der Waals surface area (Å²) in [6.07, 6.45) is 0. The van der Waals surface area contributed by atoms with Crippen LogP contribution in [0.1, 0.15) is 33.4 Å².